The van der Waals surface area contributed by atoms with E-state index in [0.717, 1.165) is 0 Å². The topological polar surface area (TPSA) is 54.0 Å². The minimum absolute atomic E-state index is 0.448. The van der Waals surface area contributed by atoms with Gasteiger partial charge in [0.1, 0.15) is 0 Å². The molecule has 17 heavy (non-hydrogen) atoms. The number of methoxy groups -OCH3 is 2. The Labute approximate surface area is 100.0 Å². The maximum atomic E-state index is 11.8. The van der Waals surface area contributed by atoms with E-state index in [1.54, 1.807) is 38.2 Å². The number of esters is 1. The quantitative estimate of drug-likeness (QED) is 0.535. The van der Waals surface area contributed by atoms with E-state index < -0.39 is 23.1 Å². The normalized spacial score (nSPS) is 33.1. The van der Waals surface area contributed by atoms with Gasteiger partial charge in [-0.2, -0.15) is 0 Å². The molecule has 0 radical (unpaired) electrons. The predicted octanol–water partition coefficient (Wildman–Crippen LogP) is 1.15. The van der Waals surface area contributed by atoms with E-state index in [-0.39, 0.29) is 0 Å². The van der Waals surface area contributed by atoms with Crippen molar-refractivity contribution in [1.29, 1.82) is 0 Å². The van der Waals surface area contributed by atoms with Crippen LogP contribution in [0.3, 0.4) is 0 Å². The van der Waals surface area contributed by atoms with Crippen molar-refractivity contribution in [2.75, 3.05) is 14.2 Å². The van der Waals surface area contributed by atoms with Crippen LogP contribution in [-0.4, -0.2) is 37.4 Å². The third-order valence-corrected chi connectivity index (χ3v) is 2.98. The summed E-state index contributed by atoms with van der Waals surface area (Å²) >= 11 is 0. The second-order valence-corrected chi connectivity index (χ2v) is 4.46. The van der Waals surface area contributed by atoms with Crippen LogP contribution in [0.2, 0.25) is 0 Å². The average molecular weight is 240 g/mol. The van der Waals surface area contributed by atoms with Crippen LogP contribution in [0.25, 0.3) is 0 Å². The van der Waals surface area contributed by atoms with E-state index in [1.807, 2.05) is 0 Å². The molecule has 0 bridgehead atoms. The molecule has 1 spiro atoms. The van der Waals surface area contributed by atoms with Crippen LogP contribution in [-0.2, 0) is 23.7 Å². The maximum Gasteiger partial charge on any atom is 0.340 e. The molecule has 1 heterocycles. The lowest BCUT2D eigenvalue weighted by molar-refractivity contribution is -0.330. The Bertz CT molecular complexity index is 392. The Kier molecular flexibility index (Phi) is 2.65. The predicted molar refractivity (Wildman–Crippen MR) is 59.0 cm³/mol. The number of hydrogen-bond acceptors (Lipinski definition) is 5. The second kappa shape index (κ2) is 3.66. The summed E-state index contributed by atoms with van der Waals surface area (Å²) in [6.45, 7) is 3.29. The highest BCUT2D eigenvalue weighted by atomic mass is 16.8. The van der Waals surface area contributed by atoms with Crippen LogP contribution in [0.15, 0.2) is 24.3 Å². The van der Waals surface area contributed by atoms with E-state index in [1.165, 1.54) is 14.2 Å². The van der Waals surface area contributed by atoms with Gasteiger partial charge >= 0.3 is 5.97 Å². The first kappa shape index (κ1) is 12.3. The van der Waals surface area contributed by atoms with E-state index >= 15 is 0 Å². The van der Waals surface area contributed by atoms with Crippen LogP contribution < -0.4 is 0 Å². The van der Waals surface area contributed by atoms with Crippen molar-refractivity contribution in [3.63, 3.8) is 0 Å². The third-order valence-electron chi connectivity index (χ3n) is 2.98. The first-order valence-corrected chi connectivity index (χ1v) is 5.32. The highest BCUT2D eigenvalue weighted by Crippen LogP contribution is 2.45. The summed E-state index contributed by atoms with van der Waals surface area (Å²) in [6, 6.07) is 0. The summed E-state index contributed by atoms with van der Waals surface area (Å²) in [6.07, 6.45) is 6.75. The van der Waals surface area contributed by atoms with Gasteiger partial charge in [-0.25, -0.2) is 4.79 Å². The van der Waals surface area contributed by atoms with Crippen LogP contribution in [0.1, 0.15) is 13.8 Å². The molecule has 0 N–H and O–H groups in total. The summed E-state index contributed by atoms with van der Waals surface area (Å²) in [5.41, 5.74) is -1.03. The molecule has 1 fully saturated rings. The molecule has 1 aliphatic carbocycles. The lowest BCUT2D eigenvalue weighted by Crippen LogP contribution is -2.57. The van der Waals surface area contributed by atoms with Gasteiger partial charge in [-0.05, 0) is 26.0 Å². The maximum absolute atomic E-state index is 11.8. The molecule has 5 nitrogen and oxygen atoms in total. The fourth-order valence-corrected chi connectivity index (χ4v) is 2.01. The molecule has 2 rings (SSSR count). The number of allylic oxidation sites excluding steroid dienone is 2. The number of hydrogen-bond donors (Lipinski definition) is 0. The first-order valence-electron chi connectivity index (χ1n) is 5.32. The summed E-state index contributed by atoms with van der Waals surface area (Å²) < 4.78 is 21.8. The lowest BCUT2D eigenvalue weighted by Gasteiger charge is -2.41. The molecule has 0 aromatic heterocycles. The highest BCUT2D eigenvalue weighted by molar-refractivity contribution is 5.81. The zero-order valence-corrected chi connectivity index (χ0v) is 10.4. The van der Waals surface area contributed by atoms with Gasteiger partial charge in [0.25, 0.3) is 11.6 Å². The molecule has 94 valence electrons. The summed E-state index contributed by atoms with van der Waals surface area (Å²) in [5.74, 6) is -3.08. The number of carbonyl (C=O) groups excluding carboxylic acids is 1. The van der Waals surface area contributed by atoms with Crippen molar-refractivity contribution in [3.05, 3.63) is 24.3 Å². The van der Waals surface area contributed by atoms with Crippen LogP contribution in [0.5, 0.6) is 0 Å². The smallest absolute Gasteiger partial charge is 0.340 e. The summed E-state index contributed by atoms with van der Waals surface area (Å²) in [5, 5.41) is 0. The van der Waals surface area contributed by atoms with Crippen molar-refractivity contribution in [1.82, 2.24) is 0 Å². The van der Waals surface area contributed by atoms with Gasteiger partial charge in [0.05, 0.1) is 0 Å². The van der Waals surface area contributed by atoms with E-state index in [2.05, 4.69) is 0 Å². The second-order valence-electron chi connectivity index (χ2n) is 4.46. The molecule has 0 aromatic carbocycles. The van der Waals surface area contributed by atoms with E-state index in [4.69, 9.17) is 18.9 Å². The van der Waals surface area contributed by atoms with E-state index in [9.17, 15) is 4.79 Å². The fourth-order valence-electron chi connectivity index (χ4n) is 2.01. The fraction of sp³-hybridized carbons (Fsp3) is 0.583. The Balaban J connectivity index is 2.46. The highest BCUT2D eigenvalue weighted by Gasteiger charge is 2.64. The van der Waals surface area contributed by atoms with Crippen molar-refractivity contribution < 1.29 is 23.7 Å². The number of ether oxygens (including phenoxy) is 4. The minimum atomic E-state index is -1.37. The van der Waals surface area contributed by atoms with Crippen molar-refractivity contribution in [2.45, 2.75) is 31.0 Å². The van der Waals surface area contributed by atoms with Gasteiger partial charge in [0, 0.05) is 14.2 Å². The average Bonchev–Trinajstić information content (AvgIpc) is 2.51. The Morgan fingerprint density at radius 3 is 2.18 bits per heavy atom. The SMILES string of the molecule is COC1(OC)C=CC=CC12OC(=O)C(C)(C)O2. The van der Waals surface area contributed by atoms with Crippen molar-refractivity contribution in [2.24, 2.45) is 0 Å². The Morgan fingerprint density at radius 1 is 1.12 bits per heavy atom. The van der Waals surface area contributed by atoms with Gasteiger partial charge in [-0.15, -0.1) is 0 Å². The zero-order chi connectivity index (χ0) is 12.7. The molecular weight excluding hydrogens is 224 g/mol. The molecule has 0 aromatic rings. The standard InChI is InChI=1S/C12H16O5/c1-10(2)9(13)16-12(17-10)8-6-5-7-11(12,14-3)15-4/h5-8H,1-4H3. The van der Waals surface area contributed by atoms with E-state index in [0.29, 0.717) is 0 Å². The lowest BCUT2D eigenvalue weighted by atomic mass is 9.99. The number of carbonyl (C=O) groups is 1. The van der Waals surface area contributed by atoms with Gasteiger partial charge in [-0.1, -0.05) is 12.2 Å². The first-order chi connectivity index (χ1) is 7.91. The molecule has 1 atom stereocenters. The van der Waals surface area contributed by atoms with Gasteiger partial charge in [-0.3, -0.25) is 0 Å². The molecule has 1 aliphatic heterocycles. The molecular formula is C12H16O5. The largest absolute Gasteiger partial charge is 0.421 e. The molecule has 1 saturated heterocycles. The van der Waals surface area contributed by atoms with Gasteiger partial charge in [0.15, 0.2) is 5.60 Å². The molecule has 0 amide bonds. The van der Waals surface area contributed by atoms with Crippen LogP contribution in [0.4, 0.5) is 0 Å². The number of rotatable bonds is 2. The summed E-state index contributed by atoms with van der Waals surface area (Å²) in [4.78, 5) is 11.8. The molecule has 1 unspecified atom stereocenters. The Morgan fingerprint density at radius 2 is 1.71 bits per heavy atom. The van der Waals surface area contributed by atoms with Gasteiger partial charge in [0.2, 0.25) is 0 Å². The molecule has 2 aliphatic rings. The van der Waals surface area contributed by atoms with Crippen molar-refractivity contribution >= 4 is 5.97 Å². The van der Waals surface area contributed by atoms with Crippen LogP contribution >= 0.6 is 0 Å². The van der Waals surface area contributed by atoms with Gasteiger partial charge < -0.3 is 18.9 Å². The monoisotopic (exact) mass is 240 g/mol. The summed E-state index contributed by atoms with van der Waals surface area (Å²) in [7, 11) is 2.94. The van der Waals surface area contributed by atoms with Crippen molar-refractivity contribution in [3.8, 4) is 0 Å². The third kappa shape index (κ3) is 1.54. The molecule has 0 saturated carbocycles. The zero-order valence-electron chi connectivity index (χ0n) is 10.4. The Hall–Kier alpha value is -1.17. The van der Waals surface area contributed by atoms with Crippen LogP contribution in [0, 0.1) is 0 Å². The minimum Gasteiger partial charge on any atom is -0.421 e. The molecule has 5 heteroatoms.